The van der Waals surface area contributed by atoms with Crippen molar-refractivity contribution in [1.29, 1.82) is 0 Å². The van der Waals surface area contributed by atoms with Crippen LogP contribution in [0.4, 0.5) is 5.95 Å². The molecular weight excluding hydrogens is 366 g/mol. The van der Waals surface area contributed by atoms with Gasteiger partial charge in [0.25, 0.3) is 0 Å². The lowest BCUT2D eigenvalue weighted by molar-refractivity contribution is 0.474. The third-order valence-electron chi connectivity index (χ3n) is 4.82. The molecule has 0 fully saturated rings. The number of H-pyrrole nitrogens is 1. The highest BCUT2D eigenvalue weighted by atomic mass is 16.3. The van der Waals surface area contributed by atoms with Crippen LogP contribution in [0.1, 0.15) is 18.5 Å². The molecule has 0 aliphatic carbocycles. The Bertz CT molecular complexity index is 1330. The fourth-order valence-electron chi connectivity index (χ4n) is 3.32. The number of aromatic nitrogens is 6. The second kappa shape index (κ2) is 6.83. The van der Waals surface area contributed by atoms with Gasteiger partial charge in [-0.3, -0.25) is 5.10 Å². The molecule has 0 bridgehead atoms. The smallest absolute Gasteiger partial charge is 0.223 e. The molecule has 5 aromatic rings. The maximum absolute atomic E-state index is 9.67. The van der Waals surface area contributed by atoms with Crippen LogP contribution >= 0.6 is 0 Å². The molecule has 8 nitrogen and oxygen atoms in total. The maximum atomic E-state index is 9.67. The molecule has 1 atom stereocenters. The van der Waals surface area contributed by atoms with Crippen LogP contribution in [0.3, 0.4) is 0 Å². The van der Waals surface area contributed by atoms with Crippen LogP contribution in [0, 0.1) is 0 Å². The molecule has 0 radical (unpaired) electrons. The largest absolute Gasteiger partial charge is 0.508 e. The average Bonchev–Trinajstić information content (AvgIpc) is 3.22. The predicted molar refractivity (Wildman–Crippen MR) is 110 cm³/mol. The monoisotopic (exact) mass is 383 g/mol. The number of phenols is 1. The van der Waals surface area contributed by atoms with Gasteiger partial charge in [0.2, 0.25) is 5.95 Å². The lowest BCUT2D eigenvalue weighted by Crippen LogP contribution is -2.09. The van der Waals surface area contributed by atoms with Gasteiger partial charge in [-0.05, 0) is 36.8 Å². The Morgan fingerprint density at radius 3 is 2.86 bits per heavy atom. The number of aromatic amines is 1. The van der Waals surface area contributed by atoms with Gasteiger partial charge < -0.3 is 10.4 Å². The number of hydrogen-bond donors (Lipinski definition) is 3. The zero-order valence-corrected chi connectivity index (χ0v) is 15.5. The van der Waals surface area contributed by atoms with E-state index in [1.165, 1.54) is 6.33 Å². The normalized spacial score (nSPS) is 12.3. The van der Waals surface area contributed by atoms with Crippen LogP contribution < -0.4 is 5.32 Å². The van der Waals surface area contributed by atoms with Crippen molar-refractivity contribution in [3.63, 3.8) is 0 Å². The summed E-state index contributed by atoms with van der Waals surface area (Å²) in [6.45, 7) is 2.00. The number of phenolic OH excluding ortho intramolecular Hbond substituents is 1. The fraction of sp³-hybridized carbons (Fsp3) is 0.0952. The van der Waals surface area contributed by atoms with Crippen LogP contribution in [-0.4, -0.2) is 35.2 Å². The van der Waals surface area contributed by atoms with Gasteiger partial charge >= 0.3 is 0 Å². The summed E-state index contributed by atoms with van der Waals surface area (Å²) >= 11 is 0. The van der Waals surface area contributed by atoms with Gasteiger partial charge in [-0.25, -0.2) is 19.9 Å². The Hall–Kier alpha value is -4.07. The van der Waals surface area contributed by atoms with Crippen molar-refractivity contribution in [2.45, 2.75) is 13.0 Å². The van der Waals surface area contributed by atoms with Crippen molar-refractivity contribution < 1.29 is 5.11 Å². The summed E-state index contributed by atoms with van der Waals surface area (Å²) in [6, 6.07) is 13.0. The first-order chi connectivity index (χ1) is 14.2. The molecular formula is C21H17N7O. The number of rotatable bonds is 4. The van der Waals surface area contributed by atoms with Crippen molar-refractivity contribution in [1.82, 2.24) is 30.1 Å². The van der Waals surface area contributed by atoms with Crippen molar-refractivity contribution >= 4 is 27.9 Å². The Labute approximate surface area is 165 Å². The van der Waals surface area contributed by atoms with Crippen molar-refractivity contribution in [3.8, 4) is 17.0 Å². The van der Waals surface area contributed by atoms with Crippen molar-refractivity contribution in [2.75, 3.05) is 5.32 Å². The third-order valence-corrected chi connectivity index (χ3v) is 4.82. The molecule has 0 saturated carbocycles. The number of benzene rings is 2. The van der Waals surface area contributed by atoms with E-state index in [0.717, 1.165) is 33.1 Å². The van der Waals surface area contributed by atoms with E-state index >= 15 is 0 Å². The van der Waals surface area contributed by atoms with Crippen molar-refractivity contribution in [3.05, 3.63) is 66.7 Å². The molecule has 2 aromatic carbocycles. The highest BCUT2D eigenvalue weighted by Crippen LogP contribution is 2.27. The van der Waals surface area contributed by atoms with Gasteiger partial charge in [-0.2, -0.15) is 5.10 Å². The quantitative estimate of drug-likeness (QED) is 0.432. The van der Waals surface area contributed by atoms with E-state index in [-0.39, 0.29) is 11.8 Å². The highest BCUT2D eigenvalue weighted by Gasteiger charge is 2.11. The maximum Gasteiger partial charge on any atom is 0.223 e. The minimum Gasteiger partial charge on any atom is -0.508 e. The molecule has 142 valence electrons. The van der Waals surface area contributed by atoms with Crippen molar-refractivity contribution in [2.24, 2.45) is 0 Å². The van der Waals surface area contributed by atoms with E-state index in [1.54, 1.807) is 24.5 Å². The van der Waals surface area contributed by atoms with Crippen LogP contribution in [0.2, 0.25) is 0 Å². The number of fused-ring (bicyclic) bond motifs is 2. The first-order valence-electron chi connectivity index (χ1n) is 9.14. The first-order valence-corrected chi connectivity index (χ1v) is 9.14. The first kappa shape index (κ1) is 17.1. The SMILES string of the molecule is C[C@@H](Nc1ncc2cc(-c3ncnc4[nH]ncc34)ccc2n1)c1cccc(O)c1. The van der Waals surface area contributed by atoms with Crippen LogP contribution in [0.15, 0.2) is 61.2 Å². The van der Waals surface area contributed by atoms with Crippen LogP contribution in [-0.2, 0) is 0 Å². The lowest BCUT2D eigenvalue weighted by atomic mass is 10.1. The topological polar surface area (TPSA) is 113 Å². The molecule has 3 N–H and O–H groups in total. The van der Waals surface area contributed by atoms with Gasteiger partial charge in [-0.1, -0.05) is 18.2 Å². The number of hydrogen-bond acceptors (Lipinski definition) is 7. The standard InChI is InChI=1S/C21H17N7O/c1-12(13-3-2-4-16(29)8-13)26-21-22-9-15-7-14(5-6-18(15)27-21)19-17-10-25-28-20(17)24-11-23-19/h2-12,29H,1H3,(H,22,26,27)(H,23,24,25,28)/t12-/m1/s1. The third kappa shape index (κ3) is 3.20. The molecule has 0 aliphatic rings. The molecule has 0 amide bonds. The number of aromatic hydroxyl groups is 1. The average molecular weight is 383 g/mol. The minimum absolute atomic E-state index is 0.0470. The van der Waals surface area contributed by atoms with E-state index in [0.29, 0.717) is 11.6 Å². The molecule has 3 aromatic heterocycles. The van der Waals surface area contributed by atoms with Crippen LogP contribution in [0.5, 0.6) is 5.75 Å². The number of nitrogens with one attached hydrogen (secondary N) is 2. The summed E-state index contributed by atoms with van der Waals surface area (Å²) in [6.07, 6.45) is 5.03. The fourth-order valence-corrected chi connectivity index (χ4v) is 3.32. The second-order valence-corrected chi connectivity index (χ2v) is 6.78. The Kier molecular flexibility index (Phi) is 4.02. The number of nitrogens with zero attached hydrogens (tertiary/aromatic N) is 5. The summed E-state index contributed by atoms with van der Waals surface area (Å²) in [7, 11) is 0. The van der Waals surface area contributed by atoms with Gasteiger partial charge in [0.15, 0.2) is 5.65 Å². The van der Waals surface area contributed by atoms with E-state index in [9.17, 15) is 5.11 Å². The summed E-state index contributed by atoms with van der Waals surface area (Å²) in [4.78, 5) is 17.7. The minimum atomic E-state index is -0.0470. The number of anilines is 1. The van der Waals surface area contributed by atoms with Gasteiger partial charge in [0, 0.05) is 17.1 Å². The zero-order valence-electron chi connectivity index (χ0n) is 15.5. The lowest BCUT2D eigenvalue weighted by Gasteiger charge is -2.14. The Balaban J connectivity index is 1.46. The molecule has 29 heavy (non-hydrogen) atoms. The Morgan fingerprint density at radius 1 is 1.03 bits per heavy atom. The summed E-state index contributed by atoms with van der Waals surface area (Å²) in [5, 5.41) is 21.6. The molecule has 0 aliphatic heterocycles. The summed E-state index contributed by atoms with van der Waals surface area (Å²) in [5.74, 6) is 0.764. The molecule has 3 heterocycles. The highest BCUT2D eigenvalue weighted by molar-refractivity contribution is 5.93. The van der Waals surface area contributed by atoms with Gasteiger partial charge in [0.1, 0.15) is 12.1 Å². The van der Waals surface area contributed by atoms with Gasteiger partial charge in [0.05, 0.1) is 28.8 Å². The molecule has 8 heteroatoms. The molecule has 5 rings (SSSR count). The van der Waals surface area contributed by atoms with E-state index < -0.39 is 0 Å². The molecule has 0 unspecified atom stereocenters. The zero-order chi connectivity index (χ0) is 19.8. The molecule has 0 spiro atoms. The van der Waals surface area contributed by atoms with E-state index in [1.807, 2.05) is 37.3 Å². The van der Waals surface area contributed by atoms with Crippen LogP contribution in [0.25, 0.3) is 33.2 Å². The molecule has 0 saturated heterocycles. The van der Waals surface area contributed by atoms with Gasteiger partial charge in [-0.15, -0.1) is 0 Å². The van der Waals surface area contributed by atoms with E-state index in [2.05, 4.69) is 35.5 Å². The van der Waals surface area contributed by atoms with E-state index in [4.69, 9.17) is 0 Å². The second-order valence-electron chi connectivity index (χ2n) is 6.78. The predicted octanol–water partition coefficient (Wildman–Crippen LogP) is 3.84. The Morgan fingerprint density at radius 2 is 1.97 bits per heavy atom. The summed E-state index contributed by atoms with van der Waals surface area (Å²) in [5.41, 5.74) is 4.24. The summed E-state index contributed by atoms with van der Waals surface area (Å²) < 4.78 is 0.